The summed E-state index contributed by atoms with van der Waals surface area (Å²) in [5, 5.41) is 0. The second-order valence-corrected chi connectivity index (χ2v) is 9.12. The Morgan fingerprint density at radius 1 is 1.14 bits per heavy atom. The van der Waals surface area contributed by atoms with Crippen LogP contribution in [0.5, 0.6) is 0 Å². The average molecular weight is 415 g/mol. The van der Waals surface area contributed by atoms with Crippen LogP contribution in [0.15, 0.2) is 53.5 Å². The van der Waals surface area contributed by atoms with Crippen molar-refractivity contribution in [2.24, 2.45) is 10.7 Å². The molecule has 3 rings (SSSR count). The van der Waals surface area contributed by atoms with E-state index in [4.69, 9.17) is 5.73 Å². The van der Waals surface area contributed by atoms with Crippen molar-refractivity contribution in [3.63, 3.8) is 0 Å². The van der Waals surface area contributed by atoms with E-state index in [1.54, 1.807) is 29.2 Å². The summed E-state index contributed by atoms with van der Waals surface area (Å²) in [6.45, 7) is 2.92. The Labute approximate surface area is 171 Å². The Morgan fingerprint density at radius 3 is 2.38 bits per heavy atom. The average Bonchev–Trinajstić information content (AvgIpc) is 3.02. The summed E-state index contributed by atoms with van der Waals surface area (Å²) in [5.74, 6) is 0.534. The van der Waals surface area contributed by atoms with Gasteiger partial charge in [-0.25, -0.2) is 8.42 Å². The first kappa shape index (κ1) is 20.9. The van der Waals surface area contributed by atoms with Gasteiger partial charge in [-0.3, -0.25) is 14.5 Å². The maximum absolute atomic E-state index is 12.3. The van der Waals surface area contributed by atoms with Crippen LogP contribution in [0.1, 0.15) is 29.5 Å². The fourth-order valence-corrected chi connectivity index (χ4v) is 3.87. The summed E-state index contributed by atoms with van der Waals surface area (Å²) < 4.78 is 25.0. The molecule has 0 aliphatic carbocycles. The largest absolute Gasteiger partial charge is 0.386 e. The fraction of sp³-hybridized carbons (Fsp3) is 0.333. The summed E-state index contributed by atoms with van der Waals surface area (Å²) in [5.41, 5.74) is 9.88. The number of nitrogens with one attached hydrogen (secondary N) is 1. The van der Waals surface area contributed by atoms with Gasteiger partial charge in [0, 0.05) is 18.7 Å². The molecule has 1 aliphatic heterocycles. The summed E-state index contributed by atoms with van der Waals surface area (Å²) in [6, 6.07) is 14.9. The molecule has 0 spiro atoms. The van der Waals surface area contributed by atoms with E-state index in [9.17, 15) is 13.2 Å². The van der Waals surface area contributed by atoms with Crippen LogP contribution in [-0.4, -0.2) is 37.4 Å². The number of nitrogens with zero attached hydrogens (tertiary/aromatic N) is 2. The lowest BCUT2D eigenvalue weighted by atomic mass is 10.1. The molecule has 8 heteroatoms. The van der Waals surface area contributed by atoms with Crippen LogP contribution in [0.2, 0.25) is 0 Å². The monoisotopic (exact) mass is 414 g/mol. The highest BCUT2D eigenvalue weighted by atomic mass is 32.2. The Kier molecular flexibility index (Phi) is 6.22. The van der Waals surface area contributed by atoms with Gasteiger partial charge in [-0.05, 0) is 36.6 Å². The molecule has 2 aromatic carbocycles. The SMILES string of the molecule is Cc1ccc(CN2C(=O)CC[C@H]2C(N)=NCc2ccc(NS(C)(=O)=O)cc2)cc1. The molecule has 0 bridgehead atoms. The van der Waals surface area contributed by atoms with E-state index in [-0.39, 0.29) is 11.9 Å². The highest BCUT2D eigenvalue weighted by molar-refractivity contribution is 7.92. The van der Waals surface area contributed by atoms with Crippen molar-refractivity contribution < 1.29 is 13.2 Å². The lowest BCUT2D eigenvalue weighted by molar-refractivity contribution is -0.128. The number of hydrogen-bond donors (Lipinski definition) is 2. The Hall–Kier alpha value is -2.87. The molecule has 1 saturated heterocycles. The van der Waals surface area contributed by atoms with E-state index in [0.717, 1.165) is 17.4 Å². The number of hydrogen-bond acceptors (Lipinski definition) is 4. The minimum absolute atomic E-state index is 0.0879. The third kappa shape index (κ3) is 5.80. The van der Waals surface area contributed by atoms with Crippen LogP contribution < -0.4 is 10.5 Å². The summed E-state index contributed by atoms with van der Waals surface area (Å²) in [6.07, 6.45) is 2.24. The number of aryl methyl sites for hydroxylation is 1. The minimum atomic E-state index is -3.30. The molecule has 1 atom stereocenters. The van der Waals surface area contributed by atoms with Crippen molar-refractivity contribution in [2.45, 2.75) is 38.9 Å². The highest BCUT2D eigenvalue weighted by Crippen LogP contribution is 2.22. The number of rotatable bonds is 7. The number of sulfonamides is 1. The van der Waals surface area contributed by atoms with Crippen molar-refractivity contribution in [2.75, 3.05) is 11.0 Å². The zero-order valence-electron chi connectivity index (χ0n) is 16.6. The maximum atomic E-state index is 12.3. The number of benzene rings is 2. The quantitative estimate of drug-likeness (QED) is 0.536. The number of anilines is 1. The van der Waals surface area contributed by atoms with Crippen LogP contribution in [0.3, 0.4) is 0 Å². The van der Waals surface area contributed by atoms with Gasteiger partial charge in [0.05, 0.1) is 18.8 Å². The van der Waals surface area contributed by atoms with Gasteiger partial charge in [0.15, 0.2) is 0 Å². The van der Waals surface area contributed by atoms with Gasteiger partial charge in [-0.15, -0.1) is 0 Å². The molecule has 3 N–H and O–H groups in total. The molecule has 0 radical (unpaired) electrons. The Balaban J connectivity index is 1.66. The molecule has 29 heavy (non-hydrogen) atoms. The molecule has 1 heterocycles. The number of carbonyl (C=O) groups is 1. The van der Waals surface area contributed by atoms with Crippen LogP contribution in [0, 0.1) is 6.92 Å². The number of aliphatic imine (C=N–C) groups is 1. The molecule has 1 aliphatic rings. The third-order valence-electron chi connectivity index (χ3n) is 4.84. The smallest absolute Gasteiger partial charge is 0.229 e. The summed E-state index contributed by atoms with van der Waals surface area (Å²) in [4.78, 5) is 18.6. The third-order valence-corrected chi connectivity index (χ3v) is 5.45. The minimum Gasteiger partial charge on any atom is -0.386 e. The van der Waals surface area contributed by atoms with Gasteiger partial charge in [0.1, 0.15) is 5.84 Å². The van der Waals surface area contributed by atoms with E-state index >= 15 is 0 Å². The fourth-order valence-electron chi connectivity index (χ4n) is 3.31. The van der Waals surface area contributed by atoms with Gasteiger partial charge in [0.25, 0.3) is 0 Å². The summed E-state index contributed by atoms with van der Waals surface area (Å²) >= 11 is 0. The van der Waals surface area contributed by atoms with Crippen LogP contribution >= 0.6 is 0 Å². The van der Waals surface area contributed by atoms with Crippen molar-refractivity contribution >= 4 is 27.5 Å². The molecular formula is C21H26N4O3S. The molecule has 0 unspecified atom stereocenters. The van der Waals surface area contributed by atoms with E-state index in [1.165, 1.54) is 5.56 Å². The molecular weight excluding hydrogens is 388 g/mol. The number of amidine groups is 1. The predicted octanol–water partition coefficient (Wildman–Crippen LogP) is 2.41. The second-order valence-electron chi connectivity index (χ2n) is 7.37. The van der Waals surface area contributed by atoms with Crippen LogP contribution in [0.25, 0.3) is 0 Å². The first-order chi connectivity index (χ1) is 13.7. The van der Waals surface area contributed by atoms with E-state index in [2.05, 4.69) is 9.71 Å². The Bertz CT molecular complexity index is 999. The normalized spacial score (nSPS) is 17.6. The molecule has 154 valence electrons. The first-order valence-corrected chi connectivity index (χ1v) is 11.3. The molecule has 1 amide bonds. The highest BCUT2D eigenvalue weighted by Gasteiger charge is 2.33. The topological polar surface area (TPSA) is 105 Å². The molecule has 0 aromatic heterocycles. The molecule has 7 nitrogen and oxygen atoms in total. The zero-order valence-corrected chi connectivity index (χ0v) is 17.4. The van der Waals surface area contributed by atoms with Crippen molar-refractivity contribution in [1.82, 2.24) is 4.90 Å². The van der Waals surface area contributed by atoms with Gasteiger partial charge < -0.3 is 10.6 Å². The van der Waals surface area contributed by atoms with Crippen LogP contribution in [0.4, 0.5) is 5.69 Å². The molecule has 2 aromatic rings. The van der Waals surface area contributed by atoms with Crippen LogP contribution in [-0.2, 0) is 27.9 Å². The predicted molar refractivity (Wildman–Crippen MR) is 115 cm³/mol. The van der Waals surface area contributed by atoms with E-state index in [1.807, 2.05) is 31.2 Å². The van der Waals surface area contributed by atoms with E-state index in [0.29, 0.717) is 37.5 Å². The zero-order chi connectivity index (χ0) is 21.0. The van der Waals surface area contributed by atoms with Gasteiger partial charge in [-0.1, -0.05) is 42.0 Å². The number of amides is 1. The van der Waals surface area contributed by atoms with Crippen molar-refractivity contribution in [3.8, 4) is 0 Å². The van der Waals surface area contributed by atoms with Crippen molar-refractivity contribution in [1.29, 1.82) is 0 Å². The molecule has 0 saturated carbocycles. The standard InChI is InChI=1S/C21H26N4O3S/c1-15-3-5-17(6-4-15)14-25-19(11-12-20(25)26)21(22)23-13-16-7-9-18(10-8-16)24-29(2,27)28/h3-10,19,24H,11-14H2,1-2H3,(H2,22,23)/t19-/m0/s1. The van der Waals surface area contributed by atoms with Gasteiger partial charge in [-0.2, -0.15) is 0 Å². The number of nitrogens with two attached hydrogens (primary N) is 1. The second kappa shape index (κ2) is 8.65. The Morgan fingerprint density at radius 2 is 1.76 bits per heavy atom. The first-order valence-electron chi connectivity index (χ1n) is 9.43. The maximum Gasteiger partial charge on any atom is 0.229 e. The van der Waals surface area contributed by atoms with Gasteiger partial charge in [0.2, 0.25) is 15.9 Å². The lowest BCUT2D eigenvalue weighted by Gasteiger charge is -2.24. The molecule has 1 fully saturated rings. The van der Waals surface area contributed by atoms with E-state index < -0.39 is 10.0 Å². The lowest BCUT2D eigenvalue weighted by Crippen LogP contribution is -2.42. The van der Waals surface area contributed by atoms with Crippen molar-refractivity contribution in [3.05, 3.63) is 65.2 Å². The summed E-state index contributed by atoms with van der Waals surface area (Å²) in [7, 11) is -3.30. The van der Waals surface area contributed by atoms with Gasteiger partial charge >= 0.3 is 0 Å². The number of carbonyl (C=O) groups excluding carboxylic acids is 1. The number of likely N-dealkylation sites (tertiary alicyclic amines) is 1.